The number of piperidine rings is 1. The van der Waals surface area contributed by atoms with Crippen LogP contribution in [-0.4, -0.2) is 34.0 Å². The summed E-state index contributed by atoms with van der Waals surface area (Å²) in [5.74, 6) is 1.25. The Kier molecular flexibility index (Phi) is 4.84. The summed E-state index contributed by atoms with van der Waals surface area (Å²) in [4.78, 5) is 22.8. The molecule has 5 heteroatoms. The molecule has 0 unspecified atom stereocenters. The molecule has 0 saturated carbocycles. The van der Waals surface area contributed by atoms with Crippen molar-refractivity contribution in [3.63, 3.8) is 0 Å². The van der Waals surface area contributed by atoms with E-state index >= 15 is 0 Å². The minimum atomic E-state index is 0.00588. The van der Waals surface area contributed by atoms with Crippen molar-refractivity contribution in [2.75, 3.05) is 13.1 Å². The third kappa shape index (κ3) is 3.82. The Labute approximate surface area is 159 Å². The summed E-state index contributed by atoms with van der Waals surface area (Å²) in [6.45, 7) is 6.30. The van der Waals surface area contributed by atoms with E-state index in [4.69, 9.17) is 4.98 Å². The van der Waals surface area contributed by atoms with Gasteiger partial charge in [0, 0.05) is 25.6 Å². The van der Waals surface area contributed by atoms with Gasteiger partial charge in [0.1, 0.15) is 5.82 Å². The van der Waals surface area contributed by atoms with Crippen LogP contribution in [-0.2, 0) is 6.54 Å². The highest BCUT2D eigenvalue weighted by molar-refractivity contribution is 5.77. The lowest BCUT2D eigenvalue weighted by atomic mass is 9.97. The summed E-state index contributed by atoms with van der Waals surface area (Å²) in [5.41, 5.74) is 5.73. The third-order valence-electron chi connectivity index (χ3n) is 5.50. The molecular weight excluding hydrogens is 336 g/mol. The summed E-state index contributed by atoms with van der Waals surface area (Å²) in [6.07, 6.45) is 2.05. The number of nitrogens with one attached hydrogen (secondary N) is 2. The van der Waals surface area contributed by atoms with E-state index in [9.17, 15) is 4.79 Å². The Morgan fingerprint density at radius 3 is 2.81 bits per heavy atom. The molecule has 1 atom stereocenters. The van der Waals surface area contributed by atoms with Gasteiger partial charge in [-0.25, -0.2) is 9.78 Å². The lowest BCUT2D eigenvalue weighted by Crippen LogP contribution is -2.44. The van der Waals surface area contributed by atoms with Gasteiger partial charge in [-0.05, 0) is 55.5 Å². The molecule has 1 aromatic heterocycles. The first-order chi connectivity index (χ1) is 13.1. The molecule has 2 N–H and O–H groups in total. The standard InChI is InChI=1S/C22H26N4O/c1-15-11-19-20(12-16(15)2)25-21(24-19)18-9-6-10-26(14-18)22(27)23-13-17-7-4-3-5-8-17/h3-5,7-8,11-12,18H,6,9-10,13-14H2,1-2H3,(H,23,27)(H,24,25)/t18-/m0/s1. The van der Waals surface area contributed by atoms with Crippen LogP contribution in [0.4, 0.5) is 4.79 Å². The molecule has 0 aliphatic carbocycles. The van der Waals surface area contributed by atoms with Gasteiger partial charge < -0.3 is 15.2 Å². The van der Waals surface area contributed by atoms with Crippen LogP contribution in [0.15, 0.2) is 42.5 Å². The molecule has 2 aromatic carbocycles. The van der Waals surface area contributed by atoms with Gasteiger partial charge in [-0.1, -0.05) is 30.3 Å². The molecule has 5 nitrogen and oxygen atoms in total. The van der Waals surface area contributed by atoms with Crippen LogP contribution in [0.25, 0.3) is 11.0 Å². The average Bonchev–Trinajstić information content (AvgIpc) is 3.10. The van der Waals surface area contributed by atoms with E-state index in [1.165, 1.54) is 11.1 Å². The maximum absolute atomic E-state index is 12.6. The van der Waals surface area contributed by atoms with Gasteiger partial charge in [0.15, 0.2) is 0 Å². The molecule has 140 valence electrons. The number of aryl methyl sites for hydroxylation is 2. The van der Waals surface area contributed by atoms with Gasteiger partial charge in [-0.2, -0.15) is 0 Å². The van der Waals surface area contributed by atoms with Crippen molar-refractivity contribution >= 4 is 17.1 Å². The fraction of sp³-hybridized carbons (Fsp3) is 0.364. The molecule has 3 aromatic rings. The van der Waals surface area contributed by atoms with Crippen molar-refractivity contribution in [3.05, 3.63) is 65.0 Å². The number of carbonyl (C=O) groups is 1. The van der Waals surface area contributed by atoms with E-state index < -0.39 is 0 Å². The van der Waals surface area contributed by atoms with Gasteiger partial charge >= 0.3 is 6.03 Å². The molecule has 1 aliphatic heterocycles. The average molecular weight is 362 g/mol. The topological polar surface area (TPSA) is 61.0 Å². The lowest BCUT2D eigenvalue weighted by molar-refractivity contribution is 0.178. The predicted molar refractivity (Wildman–Crippen MR) is 108 cm³/mol. The number of H-pyrrole nitrogens is 1. The molecule has 27 heavy (non-hydrogen) atoms. The van der Waals surface area contributed by atoms with Crippen LogP contribution in [0.5, 0.6) is 0 Å². The first kappa shape index (κ1) is 17.6. The number of benzene rings is 2. The molecule has 4 rings (SSSR count). The number of hydrogen-bond acceptors (Lipinski definition) is 2. The number of amides is 2. The van der Waals surface area contributed by atoms with Crippen molar-refractivity contribution in [1.82, 2.24) is 20.2 Å². The van der Waals surface area contributed by atoms with E-state index in [0.717, 1.165) is 41.8 Å². The first-order valence-corrected chi connectivity index (χ1v) is 9.64. The highest BCUT2D eigenvalue weighted by atomic mass is 16.2. The zero-order chi connectivity index (χ0) is 18.8. The normalized spacial score (nSPS) is 17.3. The van der Waals surface area contributed by atoms with Gasteiger partial charge in [-0.15, -0.1) is 0 Å². The fourth-order valence-corrected chi connectivity index (χ4v) is 3.75. The smallest absolute Gasteiger partial charge is 0.317 e. The monoisotopic (exact) mass is 362 g/mol. The number of urea groups is 1. The Morgan fingerprint density at radius 2 is 2.00 bits per heavy atom. The number of nitrogens with zero attached hydrogens (tertiary/aromatic N) is 2. The number of imidazole rings is 1. The van der Waals surface area contributed by atoms with Crippen molar-refractivity contribution in [2.45, 2.75) is 39.2 Å². The van der Waals surface area contributed by atoms with Crippen LogP contribution in [0.2, 0.25) is 0 Å². The van der Waals surface area contributed by atoms with Crippen LogP contribution in [0.1, 0.15) is 41.3 Å². The van der Waals surface area contributed by atoms with Gasteiger partial charge in [0.25, 0.3) is 0 Å². The summed E-state index contributed by atoms with van der Waals surface area (Å²) >= 11 is 0. The zero-order valence-corrected chi connectivity index (χ0v) is 16.0. The minimum Gasteiger partial charge on any atom is -0.342 e. The van der Waals surface area contributed by atoms with Crippen LogP contribution >= 0.6 is 0 Å². The van der Waals surface area contributed by atoms with Gasteiger partial charge in [-0.3, -0.25) is 0 Å². The van der Waals surface area contributed by atoms with E-state index in [0.29, 0.717) is 13.1 Å². The van der Waals surface area contributed by atoms with Gasteiger partial charge in [0.2, 0.25) is 0 Å². The molecule has 0 spiro atoms. The quantitative estimate of drug-likeness (QED) is 0.731. The van der Waals surface area contributed by atoms with Crippen molar-refractivity contribution < 1.29 is 4.79 Å². The number of rotatable bonds is 3. The maximum Gasteiger partial charge on any atom is 0.317 e. The van der Waals surface area contributed by atoms with Gasteiger partial charge in [0.05, 0.1) is 11.0 Å². The molecule has 1 fully saturated rings. The Hall–Kier alpha value is -2.82. The summed E-state index contributed by atoms with van der Waals surface area (Å²) in [7, 11) is 0. The zero-order valence-electron chi connectivity index (χ0n) is 16.0. The fourth-order valence-electron chi connectivity index (χ4n) is 3.75. The molecule has 2 heterocycles. The SMILES string of the molecule is Cc1cc2nc([C@H]3CCCN(C(=O)NCc4ccccc4)C3)[nH]c2cc1C. The Morgan fingerprint density at radius 1 is 1.22 bits per heavy atom. The van der Waals surface area contributed by atoms with Crippen molar-refractivity contribution in [1.29, 1.82) is 0 Å². The summed E-state index contributed by atoms with van der Waals surface area (Å²) in [6, 6.07) is 14.3. The third-order valence-corrected chi connectivity index (χ3v) is 5.50. The first-order valence-electron chi connectivity index (χ1n) is 9.64. The number of aromatic nitrogens is 2. The molecule has 1 aliphatic rings. The second-order valence-electron chi connectivity index (χ2n) is 7.51. The lowest BCUT2D eigenvalue weighted by Gasteiger charge is -2.31. The van der Waals surface area contributed by atoms with Crippen LogP contribution in [0.3, 0.4) is 0 Å². The van der Waals surface area contributed by atoms with Crippen molar-refractivity contribution in [3.8, 4) is 0 Å². The molecular formula is C22H26N4O. The van der Waals surface area contributed by atoms with Crippen molar-refractivity contribution in [2.24, 2.45) is 0 Å². The summed E-state index contributed by atoms with van der Waals surface area (Å²) in [5, 5.41) is 3.04. The van der Waals surface area contributed by atoms with E-state index in [1.807, 2.05) is 35.2 Å². The number of aromatic amines is 1. The minimum absolute atomic E-state index is 0.00588. The van der Waals surface area contributed by atoms with Crippen LogP contribution < -0.4 is 5.32 Å². The number of hydrogen-bond donors (Lipinski definition) is 2. The Bertz CT molecular complexity index is 909. The largest absolute Gasteiger partial charge is 0.342 e. The second-order valence-corrected chi connectivity index (χ2v) is 7.51. The van der Waals surface area contributed by atoms with Crippen LogP contribution in [0, 0.1) is 13.8 Å². The molecule has 2 amide bonds. The number of likely N-dealkylation sites (tertiary alicyclic amines) is 1. The highest BCUT2D eigenvalue weighted by Gasteiger charge is 2.26. The highest BCUT2D eigenvalue weighted by Crippen LogP contribution is 2.27. The second kappa shape index (κ2) is 7.43. The predicted octanol–water partition coefficient (Wildman–Crippen LogP) is 4.27. The Balaban J connectivity index is 1.44. The summed E-state index contributed by atoms with van der Waals surface area (Å²) < 4.78 is 0. The number of carbonyl (C=O) groups excluding carboxylic acids is 1. The van der Waals surface area contributed by atoms with E-state index in [-0.39, 0.29) is 11.9 Å². The number of fused-ring (bicyclic) bond motifs is 1. The molecule has 0 bridgehead atoms. The maximum atomic E-state index is 12.6. The van der Waals surface area contributed by atoms with E-state index in [1.54, 1.807) is 0 Å². The van der Waals surface area contributed by atoms with E-state index in [2.05, 4.69) is 36.3 Å². The molecule has 0 radical (unpaired) electrons. The molecule has 1 saturated heterocycles.